The van der Waals surface area contributed by atoms with Crippen LogP contribution < -0.4 is 10.1 Å². The van der Waals surface area contributed by atoms with Crippen molar-refractivity contribution in [2.75, 3.05) is 26.4 Å². The van der Waals surface area contributed by atoms with E-state index in [4.69, 9.17) is 11.2 Å². The Balaban J connectivity index is 2.85. The summed E-state index contributed by atoms with van der Waals surface area (Å²) in [6, 6.07) is 5.44. The summed E-state index contributed by atoms with van der Waals surface area (Å²) in [5.74, 6) is 3.00. The summed E-state index contributed by atoms with van der Waals surface area (Å²) >= 11 is 3.36. The van der Waals surface area contributed by atoms with Crippen molar-refractivity contribution in [2.24, 2.45) is 0 Å². The van der Waals surface area contributed by atoms with Crippen molar-refractivity contribution in [3.63, 3.8) is 0 Å². The molecule has 0 aliphatic heterocycles. The maximum atomic E-state index is 9.27. The highest BCUT2D eigenvalue weighted by atomic mass is 79.9. The van der Waals surface area contributed by atoms with Gasteiger partial charge in [0.25, 0.3) is 0 Å². The molecule has 0 heterocycles. The first-order valence-corrected chi connectivity index (χ1v) is 6.82. The van der Waals surface area contributed by atoms with E-state index in [1.807, 2.05) is 12.1 Å². The van der Waals surface area contributed by atoms with Gasteiger partial charge in [0.15, 0.2) is 0 Å². The number of halogens is 1. The molecular weight excluding hydrogens is 326 g/mol. The van der Waals surface area contributed by atoms with Gasteiger partial charge >= 0.3 is 0 Å². The van der Waals surface area contributed by atoms with Gasteiger partial charge in [-0.25, -0.2) is 0 Å². The highest BCUT2D eigenvalue weighted by Crippen LogP contribution is 2.23. The predicted molar refractivity (Wildman–Crippen MR) is 79.3 cm³/mol. The summed E-state index contributed by atoms with van der Waals surface area (Å²) in [6.45, 7) is -0.682. The highest BCUT2D eigenvalue weighted by Gasteiger charge is 2.27. The minimum Gasteiger partial charge on any atom is -0.481 e. The number of aliphatic hydroxyl groups excluding tert-OH is 3. The third-order valence-electron chi connectivity index (χ3n) is 2.90. The van der Waals surface area contributed by atoms with Crippen molar-refractivity contribution in [1.82, 2.24) is 5.32 Å². The zero-order valence-electron chi connectivity index (χ0n) is 11.0. The van der Waals surface area contributed by atoms with Gasteiger partial charge in [-0.1, -0.05) is 21.9 Å². The number of hydrogen-bond acceptors (Lipinski definition) is 5. The van der Waals surface area contributed by atoms with Crippen LogP contribution in [0.4, 0.5) is 0 Å². The summed E-state index contributed by atoms with van der Waals surface area (Å²) in [5.41, 5.74) is -0.333. The van der Waals surface area contributed by atoms with Gasteiger partial charge in [0.05, 0.1) is 25.4 Å². The second-order valence-electron chi connectivity index (χ2n) is 4.35. The van der Waals surface area contributed by atoms with E-state index < -0.39 is 5.54 Å². The Kier molecular flexibility index (Phi) is 6.99. The van der Waals surface area contributed by atoms with Crippen LogP contribution in [0.3, 0.4) is 0 Å². The number of nitrogens with one attached hydrogen (secondary N) is 1. The average Bonchev–Trinajstić information content (AvgIpc) is 2.48. The molecule has 0 aromatic heterocycles. The standard InChI is InChI=1S/C14H18BrNO4/c1-2-5-20-13-4-3-12(15)6-11(13)7-16-14(8-17,9-18)10-19/h1,3-4,6,16-19H,5,7-10H2. The zero-order chi connectivity index (χ0) is 15.0. The van der Waals surface area contributed by atoms with E-state index in [-0.39, 0.29) is 26.4 Å². The van der Waals surface area contributed by atoms with E-state index in [1.54, 1.807) is 6.07 Å². The van der Waals surface area contributed by atoms with Crippen LogP contribution in [0, 0.1) is 12.3 Å². The van der Waals surface area contributed by atoms with Crippen molar-refractivity contribution in [2.45, 2.75) is 12.1 Å². The molecule has 0 aliphatic carbocycles. The number of rotatable bonds is 8. The molecule has 0 atom stereocenters. The van der Waals surface area contributed by atoms with Crippen LogP contribution in [0.5, 0.6) is 5.75 Å². The number of benzene rings is 1. The van der Waals surface area contributed by atoms with Crippen molar-refractivity contribution < 1.29 is 20.1 Å². The molecule has 1 aromatic rings. The normalized spacial score (nSPS) is 11.2. The molecule has 0 bridgehead atoms. The molecule has 0 radical (unpaired) electrons. The Morgan fingerprint density at radius 3 is 2.45 bits per heavy atom. The smallest absolute Gasteiger partial charge is 0.148 e. The second-order valence-corrected chi connectivity index (χ2v) is 5.27. The van der Waals surface area contributed by atoms with Crippen LogP contribution in [0.25, 0.3) is 0 Å². The average molecular weight is 344 g/mol. The minimum atomic E-state index is -1.13. The molecule has 0 fully saturated rings. The van der Waals surface area contributed by atoms with Crippen LogP contribution in [0.1, 0.15) is 5.56 Å². The minimum absolute atomic E-state index is 0.153. The fraction of sp³-hybridized carbons (Fsp3) is 0.429. The van der Waals surface area contributed by atoms with Gasteiger partial charge in [0.1, 0.15) is 12.4 Å². The van der Waals surface area contributed by atoms with Crippen LogP contribution in [0.2, 0.25) is 0 Å². The number of ether oxygens (including phenoxy) is 1. The molecule has 0 unspecified atom stereocenters. The molecule has 20 heavy (non-hydrogen) atoms. The van der Waals surface area contributed by atoms with Gasteiger partial charge in [-0.2, -0.15) is 0 Å². The molecular formula is C14H18BrNO4. The number of aliphatic hydroxyl groups is 3. The molecule has 0 aliphatic rings. The van der Waals surface area contributed by atoms with Crippen LogP contribution in [-0.4, -0.2) is 47.3 Å². The third-order valence-corrected chi connectivity index (χ3v) is 3.39. The van der Waals surface area contributed by atoms with E-state index in [1.165, 1.54) is 0 Å². The number of terminal acetylenes is 1. The number of hydrogen-bond donors (Lipinski definition) is 4. The fourth-order valence-electron chi connectivity index (χ4n) is 1.55. The van der Waals surface area contributed by atoms with E-state index in [9.17, 15) is 15.3 Å². The predicted octanol–water partition coefficient (Wildman–Crippen LogP) is 0.266. The highest BCUT2D eigenvalue weighted by molar-refractivity contribution is 9.10. The molecule has 0 saturated heterocycles. The Hall–Kier alpha value is -1.10. The molecule has 6 heteroatoms. The third kappa shape index (κ3) is 4.47. The largest absolute Gasteiger partial charge is 0.481 e. The summed E-state index contributed by atoms with van der Waals surface area (Å²) in [5, 5.41) is 30.8. The molecule has 1 rings (SSSR count). The lowest BCUT2D eigenvalue weighted by molar-refractivity contribution is 0.0412. The second kappa shape index (κ2) is 8.25. The van der Waals surface area contributed by atoms with E-state index in [2.05, 4.69) is 27.2 Å². The molecule has 110 valence electrons. The van der Waals surface area contributed by atoms with Crippen LogP contribution in [-0.2, 0) is 6.54 Å². The molecule has 5 nitrogen and oxygen atoms in total. The van der Waals surface area contributed by atoms with Gasteiger partial charge < -0.3 is 25.4 Å². The molecule has 1 aromatic carbocycles. The van der Waals surface area contributed by atoms with E-state index >= 15 is 0 Å². The Morgan fingerprint density at radius 2 is 1.90 bits per heavy atom. The molecule has 4 N–H and O–H groups in total. The quantitative estimate of drug-likeness (QED) is 0.509. The van der Waals surface area contributed by atoms with Crippen molar-refractivity contribution in [1.29, 1.82) is 0 Å². The van der Waals surface area contributed by atoms with Crippen LogP contribution in [0.15, 0.2) is 22.7 Å². The van der Waals surface area contributed by atoms with Crippen molar-refractivity contribution in [3.05, 3.63) is 28.2 Å². The van der Waals surface area contributed by atoms with Gasteiger partial charge in [-0.3, -0.25) is 0 Å². The molecule has 0 spiro atoms. The van der Waals surface area contributed by atoms with Crippen molar-refractivity contribution >= 4 is 15.9 Å². The lowest BCUT2D eigenvalue weighted by atomic mass is 10.0. The first-order chi connectivity index (χ1) is 9.60. The maximum Gasteiger partial charge on any atom is 0.148 e. The monoisotopic (exact) mass is 343 g/mol. The van der Waals surface area contributed by atoms with Gasteiger partial charge in [-0.05, 0) is 18.2 Å². The van der Waals surface area contributed by atoms with Gasteiger partial charge in [-0.15, -0.1) is 6.42 Å². The topological polar surface area (TPSA) is 82.0 Å². The first kappa shape index (κ1) is 17.0. The Bertz CT molecular complexity index is 460. The van der Waals surface area contributed by atoms with Crippen molar-refractivity contribution in [3.8, 4) is 18.1 Å². The SMILES string of the molecule is C#CCOc1ccc(Br)cc1CNC(CO)(CO)CO. The van der Waals surface area contributed by atoms with E-state index in [0.29, 0.717) is 12.3 Å². The van der Waals surface area contributed by atoms with Gasteiger partial charge in [0.2, 0.25) is 0 Å². The lowest BCUT2D eigenvalue weighted by Crippen LogP contribution is -2.54. The zero-order valence-corrected chi connectivity index (χ0v) is 12.6. The first-order valence-electron chi connectivity index (χ1n) is 6.03. The van der Waals surface area contributed by atoms with E-state index in [0.717, 1.165) is 10.0 Å². The maximum absolute atomic E-state index is 9.27. The summed E-state index contributed by atoms with van der Waals surface area (Å²) in [7, 11) is 0. The lowest BCUT2D eigenvalue weighted by Gasteiger charge is -2.29. The summed E-state index contributed by atoms with van der Waals surface area (Å²) in [6.07, 6.45) is 5.17. The fourth-order valence-corrected chi connectivity index (χ4v) is 1.96. The van der Waals surface area contributed by atoms with Gasteiger partial charge in [0, 0.05) is 16.6 Å². The van der Waals surface area contributed by atoms with Crippen LogP contribution >= 0.6 is 15.9 Å². The summed E-state index contributed by atoms with van der Waals surface area (Å²) in [4.78, 5) is 0. The Morgan fingerprint density at radius 1 is 1.25 bits per heavy atom. The molecule has 0 saturated carbocycles. The Labute approximate surface area is 126 Å². The molecule has 0 amide bonds. The summed E-state index contributed by atoms with van der Waals surface area (Å²) < 4.78 is 6.29.